The Labute approximate surface area is 395 Å². The largest absolute Gasteiger partial charge is 0.426 e. The van der Waals surface area contributed by atoms with E-state index in [-0.39, 0.29) is 6.98 Å². The molecule has 0 N–H and O–H groups in total. The van der Waals surface area contributed by atoms with Crippen molar-refractivity contribution in [1.29, 1.82) is 0 Å². The van der Waals surface area contributed by atoms with Crippen LogP contribution in [-0.4, -0.2) is 20.5 Å². The molecule has 5 heterocycles. The summed E-state index contributed by atoms with van der Waals surface area (Å²) in [7, 11) is 0. The number of benzene rings is 9. The van der Waals surface area contributed by atoms with Gasteiger partial charge in [0.05, 0.1) is 28.1 Å². The van der Waals surface area contributed by atoms with Gasteiger partial charge in [0.15, 0.2) is 0 Å². The first-order valence-electron chi connectivity index (χ1n) is 23.4. The van der Waals surface area contributed by atoms with Crippen molar-refractivity contribution in [2.24, 2.45) is 0 Å². The maximum atomic E-state index is 2.51. The maximum absolute atomic E-state index is 2.51. The fraction of sp³-hybridized carbons (Fsp3) is 0. The van der Waals surface area contributed by atoms with E-state index in [0.717, 1.165) is 62.3 Å². The van der Waals surface area contributed by atoms with Crippen molar-refractivity contribution in [2.45, 2.75) is 0 Å². The van der Waals surface area contributed by atoms with Crippen LogP contribution in [-0.2, 0) is 0 Å². The fourth-order valence-electron chi connectivity index (χ4n) is 11.0. The zero-order valence-electron chi connectivity index (χ0n) is 37.1. The number of para-hydroxylation sites is 2. The van der Waals surface area contributed by atoms with Crippen LogP contribution in [0, 0.1) is 0 Å². The standard InChI is InChI=1S/C62H42BN5/c1-5-19-43(20-6-1)47-35-48(44-21-7-2-8-22-44)38-51(37-47)67-58-41-53(66-56-29-15-13-27-54(56)55-28-14-16-30-57(55)66)42-59-62(58)63(64-33-17-31-60(64)67)65-34-18-32-61(65)68(59)52-39-49(45-23-9-3-10-24-45)36-50(40-52)46-25-11-4-12-26-46/h1-42H. The molecule has 2 aliphatic rings. The maximum Gasteiger partial charge on any atom is 0.426 e. The molecule has 2 aliphatic heterocycles. The van der Waals surface area contributed by atoms with Gasteiger partial charge in [0.2, 0.25) is 0 Å². The second-order valence-electron chi connectivity index (χ2n) is 17.9. The highest BCUT2D eigenvalue weighted by atomic mass is 15.3. The summed E-state index contributed by atoms with van der Waals surface area (Å²) in [4.78, 5) is 5.02. The minimum atomic E-state index is -0.147. The van der Waals surface area contributed by atoms with Crippen LogP contribution in [0.5, 0.6) is 0 Å². The molecule has 5 nitrogen and oxygen atoms in total. The summed E-state index contributed by atoms with van der Waals surface area (Å²) >= 11 is 0. The molecule has 14 rings (SSSR count). The Hall–Kier alpha value is -9.00. The lowest BCUT2D eigenvalue weighted by Gasteiger charge is -2.44. The molecule has 0 unspecified atom stereocenters. The molecule has 0 bridgehead atoms. The molecule has 318 valence electrons. The first-order valence-corrected chi connectivity index (χ1v) is 23.4. The van der Waals surface area contributed by atoms with Gasteiger partial charge in [0.1, 0.15) is 11.6 Å². The lowest BCUT2D eigenvalue weighted by molar-refractivity contribution is 1.00. The number of fused-ring (bicyclic) bond motifs is 7. The van der Waals surface area contributed by atoms with Crippen molar-refractivity contribution in [1.82, 2.24) is 13.5 Å². The molecule has 68 heavy (non-hydrogen) atoms. The topological polar surface area (TPSA) is 21.3 Å². The normalized spacial score (nSPS) is 12.6. The molecular weight excluding hydrogens is 826 g/mol. The highest BCUT2D eigenvalue weighted by Gasteiger charge is 2.44. The Morgan fingerprint density at radius 1 is 0.279 bits per heavy atom. The Morgan fingerprint density at radius 2 is 0.632 bits per heavy atom. The van der Waals surface area contributed by atoms with Gasteiger partial charge in [-0.15, -0.1) is 0 Å². The summed E-state index contributed by atoms with van der Waals surface area (Å²) in [6.07, 6.45) is 4.51. The van der Waals surface area contributed by atoms with Gasteiger partial charge in [-0.3, -0.25) is 9.80 Å². The number of rotatable bonds is 7. The average Bonchev–Trinajstić information content (AvgIpc) is 4.18. The number of aromatic nitrogens is 3. The number of hydrogen-bond acceptors (Lipinski definition) is 2. The molecular formula is C62H42BN5. The summed E-state index contributed by atoms with van der Waals surface area (Å²) in [5, 5.41) is 2.46. The van der Waals surface area contributed by atoms with E-state index < -0.39 is 0 Å². The van der Waals surface area contributed by atoms with Crippen LogP contribution in [0.25, 0.3) is 72.0 Å². The molecule has 0 spiro atoms. The Bertz CT molecular complexity index is 3510. The van der Waals surface area contributed by atoms with Gasteiger partial charge in [-0.2, -0.15) is 0 Å². The van der Waals surface area contributed by atoms with E-state index in [1.807, 2.05) is 0 Å². The first kappa shape index (κ1) is 38.3. The van der Waals surface area contributed by atoms with Crippen molar-refractivity contribution in [3.05, 3.63) is 255 Å². The molecule has 0 amide bonds. The monoisotopic (exact) mass is 867 g/mol. The molecule has 12 aromatic rings. The van der Waals surface area contributed by atoms with Crippen LogP contribution >= 0.6 is 0 Å². The van der Waals surface area contributed by atoms with Crippen LogP contribution in [0.2, 0.25) is 0 Å². The van der Waals surface area contributed by atoms with Crippen molar-refractivity contribution >= 4 is 68.6 Å². The van der Waals surface area contributed by atoms with Crippen LogP contribution in [0.3, 0.4) is 0 Å². The van der Waals surface area contributed by atoms with Gasteiger partial charge >= 0.3 is 6.98 Å². The minimum absolute atomic E-state index is 0.147. The first-order chi connectivity index (χ1) is 33.7. The highest BCUT2D eigenvalue weighted by Crippen LogP contribution is 2.50. The van der Waals surface area contributed by atoms with Crippen LogP contribution < -0.4 is 15.3 Å². The van der Waals surface area contributed by atoms with E-state index in [1.54, 1.807) is 0 Å². The van der Waals surface area contributed by atoms with E-state index >= 15 is 0 Å². The SMILES string of the molecule is c1ccc(-c2cc(-c3ccccc3)cc(N3c4cc(-n5c6ccccc6c6ccccc65)cc5c4B(n4cccc43)n3cccc3N5c3cc(-c4ccccc4)cc(-c4ccccc4)c3)c2)cc1. The lowest BCUT2D eigenvalue weighted by Crippen LogP contribution is -2.55. The van der Waals surface area contributed by atoms with Gasteiger partial charge in [-0.1, -0.05) is 158 Å². The van der Waals surface area contributed by atoms with E-state index in [9.17, 15) is 0 Å². The summed E-state index contributed by atoms with van der Waals surface area (Å²) in [6, 6.07) is 88.8. The lowest BCUT2D eigenvalue weighted by atomic mass is 9.62. The molecule has 3 aromatic heterocycles. The van der Waals surface area contributed by atoms with Crippen LogP contribution in [0.4, 0.5) is 34.4 Å². The van der Waals surface area contributed by atoms with Crippen LogP contribution in [0.1, 0.15) is 0 Å². The molecule has 6 heteroatoms. The smallest absolute Gasteiger partial charge is 0.353 e. The van der Waals surface area contributed by atoms with E-state index in [0.29, 0.717) is 0 Å². The Balaban J connectivity index is 1.10. The predicted molar refractivity (Wildman–Crippen MR) is 284 cm³/mol. The van der Waals surface area contributed by atoms with Gasteiger partial charge in [0.25, 0.3) is 0 Å². The van der Waals surface area contributed by atoms with E-state index in [1.165, 1.54) is 49.5 Å². The van der Waals surface area contributed by atoms with Crippen LogP contribution in [0.15, 0.2) is 255 Å². The van der Waals surface area contributed by atoms with Gasteiger partial charge in [-0.25, -0.2) is 0 Å². The van der Waals surface area contributed by atoms with Crippen molar-refractivity contribution in [3.63, 3.8) is 0 Å². The molecule has 0 radical (unpaired) electrons. The second kappa shape index (κ2) is 15.3. The van der Waals surface area contributed by atoms with E-state index in [2.05, 4.69) is 278 Å². The second-order valence-corrected chi connectivity index (χ2v) is 17.9. The summed E-state index contributed by atoms with van der Waals surface area (Å²) in [5.41, 5.74) is 18.4. The Kier molecular flexibility index (Phi) is 8.61. The molecule has 0 saturated heterocycles. The summed E-state index contributed by atoms with van der Waals surface area (Å²) in [5.74, 6) is 2.20. The van der Waals surface area contributed by atoms with Crippen molar-refractivity contribution in [2.75, 3.05) is 9.80 Å². The number of nitrogens with zero attached hydrogens (tertiary/aromatic N) is 5. The van der Waals surface area contributed by atoms with Crippen molar-refractivity contribution < 1.29 is 0 Å². The Morgan fingerprint density at radius 3 is 1.01 bits per heavy atom. The number of anilines is 6. The third-order valence-electron chi connectivity index (χ3n) is 14.0. The minimum Gasteiger partial charge on any atom is -0.353 e. The van der Waals surface area contributed by atoms with Gasteiger partial charge in [0, 0.05) is 27.6 Å². The summed E-state index contributed by atoms with van der Waals surface area (Å²) < 4.78 is 7.39. The molecule has 0 aliphatic carbocycles. The highest BCUT2D eigenvalue weighted by molar-refractivity contribution is 6.76. The van der Waals surface area contributed by atoms with Gasteiger partial charge < -0.3 is 13.5 Å². The fourth-order valence-corrected chi connectivity index (χ4v) is 11.0. The predicted octanol–water partition coefficient (Wildman–Crippen LogP) is 15.4. The number of hydrogen-bond donors (Lipinski definition) is 0. The molecule has 0 atom stereocenters. The average molecular weight is 868 g/mol. The molecule has 0 saturated carbocycles. The third-order valence-corrected chi connectivity index (χ3v) is 14.0. The molecule has 9 aromatic carbocycles. The zero-order valence-corrected chi connectivity index (χ0v) is 37.1. The quantitative estimate of drug-likeness (QED) is 0.149. The van der Waals surface area contributed by atoms with E-state index in [4.69, 9.17) is 0 Å². The van der Waals surface area contributed by atoms with Gasteiger partial charge in [-0.05, 0) is 142 Å². The summed E-state index contributed by atoms with van der Waals surface area (Å²) in [6.45, 7) is -0.147. The third kappa shape index (κ3) is 5.97. The zero-order chi connectivity index (χ0) is 44.7. The molecule has 0 fully saturated rings. The van der Waals surface area contributed by atoms with Crippen molar-refractivity contribution in [3.8, 4) is 50.2 Å².